The molecule has 1 saturated carbocycles. The van der Waals surface area contributed by atoms with Crippen LogP contribution in [0.5, 0.6) is 0 Å². The Morgan fingerprint density at radius 2 is 1.95 bits per heavy atom. The Hall–Kier alpha value is -3.30. The molecule has 3 aromatic rings. The molecule has 2 aromatic heterocycles. The highest BCUT2D eigenvalue weighted by Crippen LogP contribution is 2.38. The van der Waals surface area contributed by atoms with Crippen molar-refractivity contribution in [2.45, 2.75) is 76.5 Å². The molecule has 6 rings (SSSR count). The number of benzene rings is 1. The third-order valence-electron chi connectivity index (χ3n) is 7.78. The number of aromatic nitrogens is 4. The summed E-state index contributed by atoms with van der Waals surface area (Å²) in [6, 6.07) is 12.7. The maximum atomic E-state index is 9.92. The van der Waals surface area contributed by atoms with Gasteiger partial charge in [-0.3, -0.25) is 10.1 Å². The van der Waals surface area contributed by atoms with Gasteiger partial charge in [-0.2, -0.15) is 10.1 Å². The lowest BCUT2D eigenvalue weighted by Gasteiger charge is -2.26. The second-order valence-electron chi connectivity index (χ2n) is 10.8. The van der Waals surface area contributed by atoms with E-state index in [0.29, 0.717) is 17.7 Å². The van der Waals surface area contributed by atoms with Gasteiger partial charge in [0.2, 0.25) is 5.95 Å². The lowest BCUT2D eigenvalue weighted by atomic mass is 9.92. The SMILES string of the molecule is CC1CCC(=Nc2cc(Cc3ccccc3)nc(NC3CCC(O)CC3)n2)SC2=NC(c3cn[nH]c3)CC=C21. The number of hydrogen-bond donors (Lipinski definition) is 3. The average molecular weight is 542 g/mol. The number of H-pyrrole nitrogens is 1. The Balaban J connectivity index is 1.29. The number of aliphatic hydroxyl groups excluding tert-OH is 1. The summed E-state index contributed by atoms with van der Waals surface area (Å²) >= 11 is 1.68. The first kappa shape index (κ1) is 26.0. The maximum Gasteiger partial charge on any atom is 0.225 e. The first-order valence-electron chi connectivity index (χ1n) is 14.0. The largest absolute Gasteiger partial charge is 0.393 e. The quantitative estimate of drug-likeness (QED) is 0.344. The minimum absolute atomic E-state index is 0.0860. The van der Waals surface area contributed by atoms with Gasteiger partial charge in [-0.05, 0) is 62.0 Å². The van der Waals surface area contributed by atoms with Crippen LogP contribution in [0.1, 0.15) is 74.7 Å². The summed E-state index contributed by atoms with van der Waals surface area (Å²) in [5, 5.41) is 22.6. The Bertz CT molecular complexity index is 1360. The fourth-order valence-corrected chi connectivity index (χ4v) is 6.68. The first-order chi connectivity index (χ1) is 19.1. The summed E-state index contributed by atoms with van der Waals surface area (Å²) in [6.45, 7) is 2.29. The smallest absolute Gasteiger partial charge is 0.225 e. The fraction of sp³-hybridized carbons (Fsp3) is 0.433. The number of aromatic amines is 1. The third kappa shape index (κ3) is 6.47. The number of fused-ring (bicyclic) bond motifs is 1. The number of nitrogens with zero attached hydrogens (tertiary/aromatic N) is 5. The number of anilines is 1. The normalized spacial score (nSPS) is 26.4. The summed E-state index contributed by atoms with van der Waals surface area (Å²) in [7, 11) is 0. The van der Waals surface area contributed by atoms with Crippen LogP contribution in [0.2, 0.25) is 0 Å². The van der Waals surface area contributed by atoms with Crippen LogP contribution in [-0.4, -0.2) is 47.5 Å². The molecule has 0 radical (unpaired) electrons. The predicted octanol–water partition coefficient (Wildman–Crippen LogP) is 6.17. The molecule has 2 aliphatic heterocycles. The molecule has 1 aromatic carbocycles. The highest BCUT2D eigenvalue weighted by Gasteiger charge is 2.28. The van der Waals surface area contributed by atoms with Crippen LogP contribution in [0.15, 0.2) is 70.4 Å². The molecule has 39 heavy (non-hydrogen) atoms. The van der Waals surface area contributed by atoms with E-state index in [9.17, 15) is 5.11 Å². The van der Waals surface area contributed by atoms with Crippen molar-refractivity contribution in [2.75, 3.05) is 5.32 Å². The van der Waals surface area contributed by atoms with Gasteiger partial charge in [-0.25, -0.2) is 9.98 Å². The number of aliphatic imine (C=N–C) groups is 2. The van der Waals surface area contributed by atoms with Gasteiger partial charge in [0.05, 0.1) is 29.1 Å². The summed E-state index contributed by atoms with van der Waals surface area (Å²) < 4.78 is 0. The van der Waals surface area contributed by atoms with E-state index in [-0.39, 0.29) is 18.2 Å². The van der Waals surface area contributed by atoms with Crippen LogP contribution >= 0.6 is 11.8 Å². The second-order valence-corrected chi connectivity index (χ2v) is 11.8. The van der Waals surface area contributed by atoms with E-state index in [1.807, 2.05) is 24.5 Å². The molecule has 1 saturated heterocycles. The van der Waals surface area contributed by atoms with Crippen LogP contribution in [0.25, 0.3) is 0 Å². The molecule has 1 aliphatic carbocycles. The fourth-order valence-electron chi connectivity index (χ4n) is 5.51. The Labute approximate surface area is 233 Å². The second kappa shape index (κ2) is 11.8. The molecular formula is C30H35N7OS. The van der Waals surface area contributed by atoms with Gasteiger partial charge in [0.25, 0.3) is 0 Å². The molecule has 2 unspecified atom stereocenters. The van der Waals surface area contributed by atoms with Crippen molar-refractivity contribution in [3.05, 3.63) is 77.3 Å². The van der Waals surface area contributed by atoms with Crippen molar-refractivity contribution < 1.29 is 5.11 Å². The van der Waals surface area contributed by atoms with Crippen LogP contribution < -0.4 is 5.32 Å². The van der Waals surface area contributed by atoms with Crippen molar-refractivity contribution in [3.8, 4) is 0 Å². The molecule has 0 amide bonds. The van der Waals surface area contributed by atoms with E-state index in [1.165, 1.54) is 11.1 Å². The zero-order valence-corrected chi connectivity index (χ0v) is 23.1. The molecule has 0 spiro atoms. The van der Waals surface area contributed by atoms with Gasteiger partial charge >= 0.3 is 0 Å². The van der Waals surface area contributed by atoms with E-state index >= 15 is 0 Å². The third-order valence-corrected chi connectivity index (χ3v) is 8.85. The minimum Gasteiger partial charge on any atom is -0.393 e. The Morgan fingerprint density at radius 3 is 2.74 bits per heavy atom. The van der Waals surface area contributed by atoms with Crippen molar-refractivity contribution in [2.24, 2.45) is 15.9 Å². The van der Waals surface area contributed by atoms with Gasteiger partial charge < -0.3 is 10.4 Å². The highest BCUT2D eigenvalue weighted by molar-refractivity contribution is 8.27. The summed E-state index contributed by atoms with van der Waals surface area (Å²) in [5.41, 5.74) is 4.59. The van der Waals surface area contributed by atoms with Crippen LogP contribution in [-0.2, 0) is 6.42 Å². The maximum absolute atomic E-state index is 9.92. The predicted molar refractivity (Wildman–Crippen MR) is 158 cm³/mol. The molecule has 2 fully saturated rings. The van der Waals surface area contributed by atoms with Crippen molar-refractivity contribution in [1.29, 1.82) is 0 Å². The van der Waals surface area contributed by atoms with Gasteiger partial charge in [-0.1, -0.05) is 55.1 Å². The van der Waals surface area contributed by atoms with Crippen LogP contribution in [0.4, 0.5) is 11.8 Å². The number of dihydropyridines is 1. The molecule has 3 aliphatic rings. The number of hydrogen-bond acceptors (Lipinski definition) is 8. The molecule has 8 nitrogen and oxygen atoms in total. The van der Waals surface area contributed by atoms with E-state index in [4.69, 9.17) is 20.0 Å². The summed E-state index contributed by atoms with van der Waals surface area (Å²) in [4.78, 5) is 19.9. The topological polar surface area (TPSA) is 111 Å². The molecule has 0 bridgehead atoms. The summed E-state index contributed by atoms with van der Waals surface area (Å²) in [6.07, 6.45) is 12.9. The zero-order chi connectivity index (χ0) is 26.6. The number of aliphatic hydroxyl groups is 1. The van der Waals surface area contributed by atoms with Gasteiger partial charge in [-0.15, -0.1) is 0 Å². The molecule has 2 atom stereocenters. The first-order valence-corrected chi connectivity index (χ1v) is 14.8. The molecule has 9 heteroatoms. The Kier molecular flexibility index (Phi) is 7.88. The van der Waals surface area contributed by atoms with Gasteiger partial charge in [0.1, 0.15) is 5.04 Å². The molecule has 202 valence electrons. The van der Waals surface area contributed by atoms with E-state index < -0.39 is 0 Å². The summed E-state index contributed by atoms with van der Waals surface area (Å²) in [5.74, 6) is 1.73. The van der Waals surface area contributed by atoms with E-state index in [0.717, 1.165) is 72.7 Å². The van der Waals surface area contributed by atoms with Crippen molar-refractivity contribution in [3.63, 3.8) is 0 Å². The van der Waals surface area contributed by atoms with E-state index in [1.54, 1.807) is 11.8 Å². The van der Waals surface area contributed by atoms with Crippen molar-refractivity contribution in [1.82, 2.24) is 20.2 Å². The van der Waals surface area contributed by atoms with Crippen molar-refractivity contribution >= 4 is 33.6 Å². The van der Waals surface area contributed by atoms with Crippen LogP contribution in [0, 0.1) is 5.92 Å². The molecule has 4 heterocycles. The minimum atomic E-state index is -0.195. The highest BCUT2D eigenvalue weighted by atomic mass is 32.2. The number of rotatable bonds is 6. The molecular weight excluding hydrogens is 506 g/mol. The average Bonchev–Trinajstić information content (AvgIpc) is 3.44. The zero-order valence-electron chi connectivity index (χ0n) is 22.3. The number of nitrogens with one attached hydrogen (secondary N) is 2. The monoisotopic (exact) mass is 541 g/mol. The van der Waals surface area contributed by atoms with Gasteiger partial charge in [0.15, 0.2) is 5.82 Å². The lowest BCUT2D eigenvalue weighted by Crippen LogP contribution is -2.29. The van der Waals surface area contributed by atoms with Gasteiger partial charge in [0, 0.05) is 30.3 Å². The Morgan fingerprint density at radius 1 is 1.10 bits per heavy atom. The standard InChI is InChI=1S/C30H35N7OS/c1-19-7-14-28(39-29-25(19)12-13-26(35-29)21-17-31-32-18-21)36-27-16-23(15-20-5-3-2-4-6-20)34-30(37-27)33-22-8-10-24(38)11-9-22/h2-6,12,16-19,22,24,26,38H,7-11,13-15H2,1H3,(H,31,32)(H,33,34,37). The van der Waals surface area contributed by atoms with E-state index in [2.05, 4.69) is 52.8 Å². The number of thioether (sulfide) groups is 1. The molecule has 3 N–H and O–H groups in total. The lowest BCUT2D eigenvalue weighted by molar-refractivity contribution is 0.126. The van der Waals surface area contributed by atoms with Crippen LogP contribution in [0.3, 0.4) is 0 Å².